The molecule has 0 saturated heterocycles. The van der Waals surface area contributed by atoms with Crippen molar-refractivity contribution >= 4 is 17.9 Å². The number of carbonyl (C=O) groups is 3. The van der Waals surface area contributed by atoms with E-state index in [0.717, 1.165) is 109 Å². The van der Waals surface area contributed by atoms with Gasteiger partial charge in [-0.2, -0.15) is 0 Å². The van der Waals surface area contributed by atoms with Crippen molar-refractivity contribution in [2.45, 2.75) is 354 Å². The second kappa shape index (κ2) is 69.8. The van der Waals surface area contributed by atoms with Crippen LogP contribution in [0.1, 0.15) is 348 Å². The first-order valence-corrected chi connectivity index (χ1v) is 35.2. The van der Waals surface area contributed by atoms with Gasteiger partial charge in [-0.05, 0) is 122 Å². The lowest BCUT2D eigenvalue weighted by molar-refractivity contribution is -0.167. The number of rotatable bonds is 64. The second-order valence-electron chi connectivity index (χ2n) is 23.4. The summed E-state index contributed by atoms with van der Waals surface area (Å²) in [6.45, 7) is 6.54. The van der Waals surface area contributed by atoms with Gasteiger partial charge >= 0.3 is 17.9 Å². The fourth-order valence-corrected chi connectivity index (χ4v) is 10.0. The van der Waals surface area contributed by atoms with Crippen LogP contribution in [-0.4, -0.2) is 37.2 Å². The molecule has 1 unspecified atom stereocenters. The molecule has 0 fully saturated rings. The summed E-state index contributed by atoms with van der Waals surface area (Å²) in [6, 6.07) is 0. The molecular formula is C76H132O6. The lowest BCUT2D eigenvalue weighted by Crippen LogP contribution is -2.30. The second-order valence-corrected chi connectivity index (χ2v) is 23.4. The molecule has 0 aromatic heterocycles. The maximum absolute atomic E-state index is 13.0. The maximum atomic E-state index is 13.0. The summed E-state index contributed by atoms with van der Waals surface area (Å²) >= 11 is 0. The molecule has 0 saturated carbocycles. The molecular weight excluding hydrogens is 1010 g/mol. The topological polar surface area (TPSA) is 78.9 Å². The molecule has 0 radical (unpaired) electrons. The van der Waals surface area contributed by atoms with Crippen LogP contribution in [0.3, 0.4) is 0 Å². The van der Waals surface area contributed by atoms with E-state index in [1.807, 2.05) is 0 Å². The fourth-order valence-electron chi connectivity index (χ4n) is 10.0. The van der Waals surface area contributed by atoms with E-state index >= 15 is 0 Å². The van der Waals surface area contributed by atoms with Crippen molar-refractivity contribution in [1.29, 1.82) is 0 Å². The SMILES string of the molecule is CC/C=C\C/C=C\C/C=C\C/C=C\CCCCCCCCCCCCCCC(=O)OCC(COC(=O)CCCCCCCCC/C=C\CCCCCCCCC)OC(=O)CCCCCCCC/C=C\C/C=C\C/C=C\CCCCCCC. The molecule has 0 aromatic carbocycles. The summed E-state index contributed by atoms with van der Waals surface area (Å²) in [5, 5.41) is 0. The lowest BCUT2D eigenvalue weighted by atomic mass is 10.0. The van der Waals surface area contributed by atoms with Gasteiger partial charge in [-0.1, -0.05) is 304 Å². The van der Waals surface area contributed by atoms with Crippen LogP contribution in [0, 0.1) is 0 Å². The third kappa shape index (κ3) is 67.1. The van der Waals surface area contributed by atoms with Gasteiger partial charge in [-0.3, -0.25) is 14.4 Å². The zero-order chi connectivity index (χ0) is 59.2. The Balaban J connectivity index is 4.38. The summed E-state index contributed by atoms with van der Waals surface area (Å²) < 4.78 is 17.0. The van der Waals surface area contributed by atoms with Gasteiger partial charge in [0.25, 0.3) is 0 Å². The van der Waals surface area contributed by atoms with Crippen molar-refractivity contribution in [3.63, 3.8) is 0 Å². The predicted octanol–water partition coefficient (Wildman–Crippen LogP) is 24.4. The Kier molecular flexibility index (Phi) is 66.7. The molecule has 472 valence electrons. The Bertz CT molecular complexity index is 1590. The Morgan fingerprint density at radius 1 is 0.256 bits per heavy atom. The van der Waals surface area contributed by atoms with E-state index in [9.17, 15) is 14.4 Å². The third-order valence-electron chi connectivity index (χ3n) is 15.3. The monoisotopic (exact) mass is 1140 g/mol. The van der Waals surface area contributed by atoms with E-state index in [2.05, 4.69) is 118 Å². The molecule has 0 aliphatic rings. The summed E-state index contributed by atoms with van der Waals surface area (Å²) in [5.74, 6) is -0.886. The van der Waals surface area contributed by atoms with Crippen LogP contribution < -0.4 is 0 Å². The largest absolute Gasteiger partial charge is 0.462 e. The molecule has 6 heteroatoms. The minimum atomic E-state index is -0.790. The van der Waals surface area contributed by atoms with Gasteiger partial charge in [0.1, 0.15) is 13.2 Å². The summed E-state index contributed by atoms with van der Waals surface area (Å²) in [4.78, 5) is 38.5. The first-order chi connectivity index (χ1) is 40.5. The Morgan fingerprint density at radius 3 is 0.756 bits per heavy atom. The molecule has 0 rings (SSSR count). The molecule has 0 aliphatic heterocycles. The smallest absolute Gasteiger partial charge is 0.306 e. The average molecular weight is 1140 g/mol. The molecule has 1 atom stereocenters. The van der Waals surface area contributed by atoms with Crippen LogP contribution in [0.5, 0.6) is 0 Å². The van der Waals surface area contributed by atoms with Gasteiger partial charge in [-0.25, -0.2) is 0 Å². The normalized spacial score (nSPS) is 12.7. The van der Waals surface area contributed by atoms with Crippen LogP contribution in [0.4, 0.5) is 0 Å². The van der Waals surface area contributed by atoms with Gasteiger partial charge in [0.15, 0.2) is 6.10 Å². The summed E-state index contributed by atoms with van der Waals surface area (Å²) in [5.41, 5.74) is 0. The molecule has 0 heterocycles. The lowest BCUT2D eigenvalue weighted by Gasteiger charge is -2.18. The molecule has 0 spiro atoms. The number of allylic oxidation sites excluding steroid dienone is 16. The van der Waals surface area contributed by atoms with E-state index in [1.165, 1.54) is 199 Å². The molecule has 6 nitrogen and oxygen atoms in total. The third-order valence-corrected chi connectivity index (χ3v) is 15.3. The van der Waals surface area contributed by atoms with Gasteiger partial charge in [0.2, 0.25) is 0 Å². The molecule has 0 aromatic rings. The van der Waals surface area contributed by atoms with Crippen molar-refractivity contribution in [3.8, 4) is 0 Å². The number of unbranched alkanes of at least 4 members (excludes halogenated alkanes) is 37. The highest BCUT2D eigenvalue weighted by Gasteiger charge is 2.19. The van der Waals surface area contributed by atoms with Crippen LogP contribution in [0.2, 0.25) is 0 Å². The van der Waals surface area contributed by atoms with Crippen molar-refractivity contribution < 1.29 is 28.6 Å². The Morgan fingerprint density at radius 2 is 0.476 bits per heavy atom. The van der Waals surface area contributed by atoms with Crippen LogP contribution >= 0.6 is 0 Å². The average Bonchev–Trinajstić information content (AvgIpc) is 3.47. The standard InChI is InChI=1S/C76H132O6/c1-4-7-10-13-16-19-22-25-28-31-34-36-37-38-39-41-42-45-48-51-54-57-60-63-66-69-75(78)81-72-73(71-80-74(77)68-65-62-59-56-53-50-47-44-33-30-27-24-21-18-15-12-9-6-3)82-76(79)70-67-64-61-58-55-52-49-46-43-40-35-32-29-26-23-20-17-14-11-8-5-2/h7,10,16,19,23,25-26,28,30,32-36,43,46,73H,4-6,8-9,11-15,17-18,20-22,24,27,29,31,37-42,44-45,47-72H2,1-3H3/b10-7-,19-16-,26-23-,28-25-,33-30-,35-32-,36-34-,46-43-. The van der Waals surface area contributed by atoms with E-state index < -0.39 is 6.10 Å². The van der Waals surface area contributed by atoms with Gasteiger partial charge in [0.05, 0.1) is 0 Å². The molecule has 0 amide bonds. The van der Waals surface area contributed by atoms with Crippen molar-refractivity contribution in [2.24, 2.45) is 0 Å². The number of hydrogen-bond acceptors (Lipinski definition) is 6. The molecule has 0 N–H and O–H groups in total. The molecule has 82 heavy (non-hydrogen) atoms. The van der Waals surface area contributed by atoms with Crippen LogP contribution in [0.15, 0.2) is 97.2 Å². The van der Waals surface area contributed by atoms with E-state index in [-0.39, 0.29) is 31.1 Å². The number of carbonyl (C=O) groups excluding carboxylic acids is 3. The number of ether oxygens (including phenoxy) is 3. The highest BCUT2D eigenvalue weighted by molar-refractivity contribution is 5.71. The predicted molar refractivity (Wildman–Crippen MR) is 357 cm³/mol. The summed E-state index contributed by atoms with van der Waals surface area (Å²) in [7, 11) is 0. The van der Waals surface area contributed by atoms with Crippen LogP contribution in [-0.2, 0) is 28.6 Å². The highest BCUT2D eigenvalue weighted by atomic mass is 16.6. The van der Waals surface area contributed by atoms with E-state index in [4.69, 9.17) is 14.2 Å². The van der Waals surface area contributed by atoms with Crippen molar-refractivity contribution in [2.75, 3.05) is 13.2 Å². The van der Waals surface area contributed by atoms with E-state index in [0.29, 0.717) is 19.3 Å². The first-order valence-electron chi connectivity index (χ1n) is 35.2. The quantitative estimate of drug-likeness (QED) is 0.0261. The maximum Gasteiger partial charge on any atom is 0.306 e. The first kappa shape index (κ1) is 78.3. The fraction of sp³-hybridized carbons (Fsp3) is 0.750. The minimum absolute atomic E-state index is 0.0838. The van der Waals surface area contributed by atoms with Gasteiger partial charge < -0.3 is 14.2 Å². The molecule has 0 bridgehead atoms. The van der Waals surface area contributed by atoms with Crippen molar-refractivity contribution in [1.82, 2.24) is 0 Å². The van der Waals surface area contributed by atoms with E-state index in [1.54, 1.807) is 0 Å². The zero-order valence-corrected chi connectivity index (χ0v) is 54.2. The van der Waals surface area contributed by atoms with Gasteiger partial charge in [-0.15, -0.1) is 0 Å². The Hall–Kier alpha value is -3.67. The van der Waals surface area contributed by atoms with Crippen LogP contribution in [0.25, 0.3) is 0 Å². The summed E-state index contributed by atoms with van der Waals surface area (Å²) in [6.07, 6.45) is 94.2. The minimum Gasteiger partial charge on any atom is -0.462 e. The number of esters is 3. The van der Waals surface area contributed by atoms with Crippen molar-refractivity contribution in [3.05, 3.63) is 97.2 Å². The van der Waals surface area contributed by atoms with Gasteiger partial charge in [0, 0.05) is 19.3 Å². The molecule has 0 aliphatic carbocycles. The zero-order valence-electron chi connectivity index (χ0n) is 54.2. The Labute approximate surface area is 508 Å². The number of hydrogen-bond donors (Lipinski definition) is 0. The highest BCUT2D eigenvalue weighted by Crippen LogP contribution is 2.17.